The van der Waals surface area contributed by atoms with E-state index in [-0.39, 0.29) is 11.4 Å². The van der Waals surface area contributed by atoms with Gasteiger partial charge in [0, 0.05) is 17.0 Å². The van der Waals surface area contributed by atoms with Gasteiger partial charge >= 0.3 is 0 Å². The minimum absolute atomic E-state index is 0.0262. The highest BCUT2D eigenvalue weighted by molar-refractivity contribution is 6.35. The van der Waals surface area contributed by atoms with Crippen molar-refractivity contribution >= 4 is 29.1 Å². The van der Waals surface area contributed by atoms with E-state index in [2.05, 4.69) is 5.32 Å². The molecule has 0 aliphatic heterocycles. The lowest BCUT2D eigenvalue weighted by Gasteiger charge is -2.20. The number of rotatable bonds is 5. The molecular weight excluding hydrogens is 285 g/mol. The molecule has 19 heavy (non-hydrogen) atoms. The van der Waals surface area contributed by atoms with Crippen molar-refractivity contribution in [2.24, 2.45) is 0 Å². The maximum atomic E-state index is 11.6. The van der Waals surface area contributed by atoms with E-state index >= 15 is 0 Å². The van der Waals surface area contributed by atoms with Gasteiger partial charge in [0.2, 0.25) is 5.91 Å². The van der Waals surface area contributed by atoms with E-state index in [4.69, 9.17) is 27.9 Å². The van der Waals surface area contributed by atoms with Gasteiger partial charge in [0.25, 0.3) is 0 Å². The van der Waals surface area contributed by atoms with Gasteiger partial charge in [0.1, 0.15) is 5.75 Å². The zero-order chi connectivity index (χ0) is 14.5. The molecule has 0 saturated carbocycles. The fourth-order valence-corrected chi connectivity index (χ4v) is 1.95. The van der Waals surface area contributed by atoms with Gasteiger partial charge in [-0.05, 0) is 45.4 Å². The van der Waals surface area contributed by atoms with Crippen LogP contribution >= 0.6 is 23.2 Å². The van der Waals surface area contributed by atoms with Crippen LogP contribution in [0.5, 0.6) is 5.75 Å². The van der Waals surface area contributed by atoms with E-state index in [9.17, 15) is 4.79 Å². The number of ether oxygens (including phenoxy) is 1. The summed E-state index contributed by atoms with van der Waals surface area (Å²) < 4.78 is 5.50. The molecule has 0 unspecified atom stereocenters. The minimum atomic E-state index is -0.197. The Labute approximate surface area is 124 Å². The van der Waals surface area contributed by atoms with Gasteiger partial charge < -0.3 is 10.1 Å². The number of halogens is 2. The molecule has 0 bridgehead atoms. The van der Waals surface area contributed by atoms with Crippen LogP contribution in [0.25, 0.3) is 0 Å². The normalized spacial score (nSPS) is 11.2. The van der Waals surface area contributed by atoms with Crippen LogP contribution in [0.2, 0.25) is 10.0 Å². The summed E-state index contributed by atoms with van der Waals surface area (Å²) in [5.41, 5.74) is -0.197. The molecule has 0 saturated heterocycles. The second-order valence-electron chi connectivity index (χ2n) is 5.32. The largest absolute Gasteiger partial charge is 0.492 e. The molecule has 0 atom stereocenters. The second-order valence-corrected chi connectivity index (χ2v) is 6.17. The van der Waals surface area contributed by atoms with Crippen molar-refractivity contribution in [1.82, 2.24) is 5.32 Å². The van der Waals surface area contributed by atoms with Gasteiger partial charge in [0.15, 0.2) is 0 Å². The van der Waals surface area contributed by atoms with Gasteiger partial charge in [-0.2, -0.15) is 0 Å². The number of nitrogens with one attached hydrogen (secondary N) is 1. The van der Waals surface area contributed by atoms with Gasteiger partial charge in [-0.25, -0.2) is 0 Å². The van der Waals surface area contributed by atoms with Crippen molar-refractivity contribution in [3.05, 3.63) is 28.2 Å². The van der Waals surface area contributed by atoms with Gasteiger partial charge in [-0.1, -0.05) is 23.2 Å². The number of benzene rings is 1. The SMILES string of the molecule is CC(C)(C)NC(=O)CCCOc1ccc(Cl)cc1Cl. The quantitative estimate of drug-likeness (QED) is 0.833. The number of amides is 1. The first kappa shape index (κ1) is 16.1. The third-order valence-corrected chi connectivity index (χ3v) is 2.74. The highest BCUT2D eigenvalue weighted by Crippen LogP contribution is 2.27. The van der Waals surface area contributed by atoms with Gasteiger partial charge in [0.05, 0.1) is 11.6 Å². The Morgan fingerprint density at radius 1 is 1.32 bits per heavy atom. The molecule has 1 N–H and O–H groups in total. The van der Waals surface area contributed by atoms with Crippen LogP contribution in [0, 0.1) is 0 Å². The topological polar surface area (TPSA) is 38.3 Å². The molecule has 3 nitrogen and oxygen atoms in total. The second kappa shape index (κ2) is 7.01. The number of hydrogen-bond donors (Lipinski definition) is 1. The predicted octanol–water partition coefficient (Wildman–Crippen LogP) is 4.07. The number of carbonyl (C=O) groups is 1. The van der Waals surface area contributed by atoms with Crippen LogP contribution in [0.4, 0.5) is 0 Å². The van der Waals surface area contributed by atoms with E-state index < -0.39 is 0 Å². The molecule has 1 aromatic carbocycles. The maximum Gasteiger partial charge on any atom is 0.220 e. The zero-order valence-electron chi connectivity index (χ0n) is 11.4. The molecule has 1 amide bonds. The average Bonchev–Trinajstić information content (AvgIpc) is 2.24. The molecule has 0 spiro atoms. The van der Waals surface area contributed by atoms with Crippen LogP contribution in [0.1, 0.15) is 33.6 Å². The average molecular weight is 304 g/mol. The summed E-state index contributed by atoms with van der Waals surface area (Å²) in [7, 11) is 0. The van der Waals surface area contributed by atoms with E-state index in [1.807, 2.05) is 20.8 Å². The summed E-state index contributed by atoms with van der Waals surface area (Å²) in [4.78, 5) is 11.6. The third kappa shape index (κ3) is 6.69. The Bertz CT molecular complexity index is 442. The Morgan fingerprint density at radius 2 is 2.00 bits per heavy atom. The van der Waals surface area contributed by atoms with Crippen molar-refractivity contribution in [3.63, 3.8) is 0 Å². The standard InChI is InChI=1S/C14H19Cl2NO2/c1-14(2,3)17-13(18)5-4-8-19-12-7-6-10(15)9-11(12)16/h6-7,9H,4-5,8H2,1-3H3,(H,17,18). The molecule has 0 radical (unpaired) electrons. The first-order valence-electron chi connectivity index (χ1n) is 6.17. The lowest BCUT2D eigenvalue weighted by atomic mass is 10.1. The predicted molar refractivity (Wildman–Crippen MR) is 79.1 cm³/mol. The first-order chi connectivity index (χ1) is 8.78. The highest BCUT2D eigenvalue weighted by Gasteiger charge is 2.13. The summed E-state index contributed by atoms with van der Waals surface area (Å²) in [6, 6.07) is 5.07. The van der Waals surface area contributed by atoms with Gasteiger partial charge in [-0.15, -0.1) is 0 Å². The molecule has 0 heterocycles. The smallest absolute Gasteiger partial charge is 0.220 e. The molecule has 5 heteroatoms. The number of carbonyl (C=O) groups excluding carboxylic acids is 1. The molecule has 0 aromatic heterocycles. The summed E-state index contributed by atoms with van der Waals surface area (Å²) >= 11 is 11.8. The van der Waals surface area contributed by atoms with Crippen molar-refractivity contribution in [1.29, 1.82) is 0 Å². The third-order valence-electron chi connectivity index (χ3n) is 2.21. The van der Waals surface area contributed by atoms with Crippen LogP contribution in [0.15, 0.2) is 18.2 Å². The summed E-state index contributed by atoms with van der Waals surface area (Å²) in [5, 5.41) is 3.95. The van der Waals surface area contributed by atoms with E-state index in [1.54, 1.807) is 18.2 Å². The lowest BCUT2D eigenvalue weighted by Crippen LogP contribution is -2.40. The molecule has 1 rings (SSSR count). The minimum Gasteiger partial charge on any atom is -0.492 e. The van der Waals surface area contributed by atoms with Crippen molar-refractivity contribution in [3.8, 4) is 5.75 Å². The van der Waals surface area contributed by atoms with Crippen LogP contribution in [-0.2, 0) is 4.79 Å². The summed E-state index contributed by atoms with van der Waals surface area (Å²) in [5.74, 6) is 0.612. The molecule has 0 aliphatic carbocycles. The van der Waals surface area contributed by atoms with E-state index in [0.29, 0.717) is 35.2 Å². The highest BCUT2D eigenvalue weighted by atomic mass is 35.5. The Morgan fingerprint density at radius 3 is 2.58 bits per heavy atom. The molecule has 0 aliphatic rings. The molecule has 1 aromatic rings. The zero-order valence-corrected chi connectivity index (χ0v) is 12.9. The molecule has 106 valence electrons. The Hall–Kier alpha value is -0.930. The van der Waals surface area contributed by atoms with Crippen molar-refractivity contribution in [2.45, 2.75) is 39.2 Å². The molecule has 0 fully saturated rings. The van der Waals surface area contributed by atoms with E-state index in [0.717, 1.165) is 0 Å². The summed E-state index contributed by atoms with van der Waals surface area (Å²) in [6.45, 7) is 6.30. The van der Waals surface area contributed by atoms with Crippen LogP contribution in [0.3, 0.4) is 0 Å². The van der Waals surface area contributed by atoms with Crippen molar-refractivity contribution in [2.75, 3.05) is 6.61 Å². The fraction of sp³-hybridized carbons (Fsp3) is 0.500. The lowest BCUT2D eigenvalue weighted by molar-refractivity contribution is -0.122. The number of hydrogen-bond acceptors (Lipinski definition) is 2. The Balaban J connectivity index is 2.29. The van der Waals surface area contributed by atoms with Gasteiger partial charge in [-0.3, -0.25) is 4.79 Å². The van der Waals surface area contributed by atoms with Crippen LogP contribution < -0.4 is 10.1 Å². The van der Waals surface area contributed by atoms with Crippen molar-refractivity contribution < 1.29 is 9.53 Å². The van der Waals surface area contributed by atoms with E-state index in [1.165, 1.54) is 0 Å². The fourth-order valence-electron chi connectivity index (χ4n) is 1.49. The maximum absolute atomic E-state index is 11.6. The summed E-state index contributed by atoms with van der Waals surface area (Å²) in [6.07, 6.45) is 1.07. The monoisotopic (exact) mass is 303 g/mol. The Kier molecular flexibility index (Phi) is 5.95. The molecular formula is C14H19Cl2NO2. The first-order valence-corrected chi connectivity index (χ1v) is 6.92. The van der Waals surface area contributed by atoms with Crippen LogP contribution in [-0.4, -0.2) is 18.1 Å².